The molecule has 3 rings (SSSR count). The average molecular weight is 633 g/mol. The third-order valence-corrected chi connectivity index (χ3v) is 2.77. The fourth-order valence-corrected chi connectivity index (χ4v) is 1.89. The van der Waals surface area contributed by atoms with E-state index >= 15 is 0 Å². The number of hydrogen-bond acceptors (Lipinski definition) is 6. The zero-order valence-electron chi connectivity index (χ0n) is 20.2. The SMILES string of the molecule is CC#N.CC#N.CC#N.CC#N.F[P-](F)(F)(F)(F)F.[Ru+].[c-]1ccccc1C1=N[C@@H](c2ccccc2)CO1. The number of hydrogen-bond donors (Lipinski definition) is 0. The second kappa shape index (κ2) is 19.7. The van der Waals surface area contributed by atoms with E-state index in [9.17, 15) is 25.2 Å². The van der Waals surface area contributed by atoms with E-state index in [1.165, 1.54) is 33.3 Å². The molecule has 1 aliphatic heterocycles. The molecule has 2 aromatic rings. The van der Waals surface area contributed by atoms with Gasteiger partial charge in [0, 0.05) is 27.7 Å². The van der Waals surface area contributed by atoms with Crippen LogP contribution in [0.1, 0.15) is 44.9 Å². The number of aliphatic imine (C=N–C) groups is 1. The number of nitrogens with zero attached hydrogens (tertiary/aromatic N) is 5. The summed E-state index contributed by atoms with van der Waals surface area (Å²) in [6.07, 6.45) is 0. The molecule has 1 atom stereocenters. The van der Waals surface area contributed by atoms with Crippen molar-refractivity contribution < 1.29 is 49.4 Å². The van der Waals surface area contributed by atoms with E-state index in [0.717, 1.165) is 5.56 Å². The smallest absolute Gasteiger partial charge is 0.518 e. The van der Waals surface area contributed by atoms with Crippen LogP contribution in [0.4, 0.5) is 25.2 Å². The summed E-state index contributed by atoms with van der Waals surface area (Å²) < 4.78 is 64.8. The Kier molecular flexibility index (Phi) is 21.6. The third-order valence-electron chi connectivity index (χ3n) is 2.77. The molecular weight excluding hydrogens is 608 g/mol. The summed E-state index contributed by atoms with van der Waals surface area (Å²) in [5, 5.41) is 29.3. The first-order valence-corrected chi connectivity index (χ1v) is 11.6. The molecule has 0 aliphatic carbocycles. The molecule has 0 saturated carbocycles. The van der Waals surface area contributed by atoms with Crippen LogP contribution in [0.3, 0.4) is 0 Å². The fraction of sp³-hybridized carbons (Fsp3) is 0.261. The second-order valence-corrected chi connectivity index (χ2v) is 7.72. The summed E-state index contributed by atoms with van der Waals surface area (Å²) in [5.74, 6) is 0.694. The number of rotatable bonds is 2. The number of nitriles is 4. The van der Waals surface area contributed by atoms with E-state index in [0.29, 0.717) is 12.5 Å². The Morgan fingerprint density at radius 3 is 1.51 bits per heavy atom. The van der Waals surface area contributed by atoms with Gasteiger partial charge in [-0.15, -0.1) is 30.3 Å². The maximum Gasteiger partial charge on any atom is 1.00 e. The van der Waals surface area contributed by atoms with Gasteiger partial charge < -0.3 is 4.74 Å². The van der Waals surface area contributed by atoms with Gasteiger partial charge >= 0.3 is 52.5 Å². The van der Waals surface area contributed by atoms with Crippen molar-refractivity contribution >= 4 is 13.7 Å². The summed E-state index contributed by atoms with van der Waals surface area (Å²) >= 11 is 0. The summed E-state index contributed by atoms with van der Waals surface area (Å²) in [6, 6.07) is 28.2. The molecule has 0 fully saturated rings. The molecule has 1 heterocycles. The minimum absolute atomic E-state index is 0. The zero-order chi connectivity index (χ0) is 28.7. The fourth-order valence-electron chi connectivity index (χ4n) is 1.89. The maximum absolute atomic E-state index is 10.7. The molecule has 6 nitrogen and oxygen atoms in total. The molecule has 0 aromatic heterocycles. The Morgan fingerprint density at radius 1 is 0.784 bits per heavy atom. The van der Waals surface area contributed by atoms with E-state index in [1.807, 2.05) is 42.5 Å². The van der Waals surface area contributed by atoms with Crippen molar-refractivity contribution in [1.82, 2.24) is 0 Å². The predicted molar refractivity (Wildman–Crippen MR) is 126 cm³/mol. The van der Waals surface area contributed by atoms with Gasteiger partial charge in [-0.25, -0.2) is 0 Å². The van der Waals surface area contributed by atoms with Gasteiger partial charge in [0.25, 0.3) is 0 Å². The van der Waals surface area contributed by atoms with Crippen LogP contribution in [0, 0.1) is 51.4 Å². The maximum atomic E-state index is 9.87. The van der Waals surface area contributed by atoms with Crippen molar-refractivity contribution in [2.45, 2.75) is 33.7 Å². The summed E-state index contributed by atoms with van der Waals surface area (Å²) in [7, 11) is -10.7. The molecule has 203 valence electrons. The average Bonchev–Trinajstić information content (AvgIpc) is 3.26. The van der Waals surface area contributed by atoms with Crippen molar-refractivity contribution in [2.24, 2.45) is 4.99 Å². The molecule has 37 heavy (non-hydrogen) atoms. The Bertz CT molecular complexity index is 1010. The van der Waals surface area contributed by atoms with Gasteiger partial charge in [0.15, 0.2) is 0 Å². The van der Waals surface area contributed by atoms with Crippen LogP contribution in [0.15, 0.2) is 59.6 Å². The molecule has 0 N–H and O–H groups in total. The summed E-state index contributed by atoms with van der Waals surface area (Å²) in [4.78, 5) is 4.59. The van der Waals surface area contributed by atoms with E-state index in [-0.39, 0.29) is 25.5 Å². The van der Waals surface area contributed by atoms with Crippen molar-refractivity contribution in [3.8, 4) is 24.3 Å². The Hall–Kier alpha value is -3.50. The van der Waals surface area contributed by atoms with Crippen LogP contribution in [0.5, 0.6) is 0 Å². The number of halogens is 6. The molecular formula is C23H24F6N5OPRu-. The summed E-state index contributed by atoms with van der Waals surface area (Å²) in [6.45, 7) is 6.34. The van der Waals surface area contributed by atoms with Crippen LogP contribution in [-0.4, -0.2) is 12.5 Å². The van der Waals surface area contributed by atoms with Gasteiger partial charge in [-0.2, -0.15) is 21.0 Å². The molecule has 14 heteroatoms. The monoisotopic (exact) mass is 633 g/mol. The van der Waals surface area contributed by atoms with E-state index < -0.39 is 7.81 Å². The van der Waals surface area contributed by atoms with Gasteiger partial charge in [0.2, 0.25) is 0 Å². The molecule has 1 aliphatic rings. The normalized spacial score (nSPS) is 13.8. The minimum Gasteiger partial charge on any atom is -0.518 e. The quantitative estimate of drug-likeness (QED) is 0.142. The van der Waals surface area contributed by atoms with Gasteiger partial charge in [-0.05, 0) is 5.56 Å². The van der Waals surface area contributed by atoms with Gasteiger partial charge in [0.05, 0.1) is 24.3 Å². The molecule has 0 spiro atoms. The first-order valence-electron chi connectivity index (χ1n) is 9.57. The van der Waals surface area contributed by atoms with Crippen LogP contribution in [0.25, 0.3) is 0 Å². The van der Waals surface area contributed by atoms with Crippen LogP contribution >= 0.6 is 7.81 Å². The van der Waals surface area contributed by atoms with Crippen molar-refractivity contribution in [3.63, 3.8) is 0 Å². The molecule has 0 unspecified atom stereocenters. The predicted octanol–water partition coefficient (Wildman–Crippen LogP) is 8.50. The molecule has 0 bridgehead atoms. The summed E-state index contributed by atoms with van der Waals surface area (Å²) in [5.41, 5.74) is 2.12. The Labute approximate surface area is 225 Å². The first-order chi connectivity index (χ1) is 16.5. The molecule has 1 radical (unpaired) electrons. The standard InChI is InChI=1S/C15H12NO.4C2H3N.F6P.Ru/c1-3-7-12(8-4-1)14-11-17-15(16-14)13-9-5-2-6-10-13;4*1-2-3;1-7(2,3,4,5)6;/h1-9,14H,11H2;4*1H3;;/q-1;;;;;-1;+1/t14-;;;;;;/m1....../s1. The van der Waals surface area contributed by atoms with E-state index in [2.05, 4.69) is 23.2 Å². The number of ether oxygens (including phenoxy) is 1. The van der Waals surface area contributed by atoms with Gasteiger partial charge in [-0.3, -0.25) is 4.99 Å². The van der Waals surface area contributed by atoms with Crippen molar-refractivity contribution in [1.29, 1.82) is 21.0 Å². The molecule has 0 saturated heterocycles. The third kappa shape index (κ3) is 34.7. The van der Waals surface area contributed by atoms with Crippen molar-refractivity contribution in [2.75, 3.05) is 6.61 Å². The largest absolute Gasteiger partial charge is 1.00 e. The van der Waals surface area contributed by atoms with Gasteiger partial charge in [-0.1, -0.05) is 35.9 Å². The Balaban J connectivity index is -0.000000229. The molecule has 2 aromatic carbocycles. The van der Waals surface area contributed by atoms with Crippen LogP contribution in [0.2, 0.25) is 0 Å². The second-order valence-electron chi connectivity index (χ2n) is 5.80. The minimum atomic E-state index is -10.7. The number of benzene rings is 2. The van der Waals surface area contributed by atoms with Crippen LogP contribution in [-0.2, 0) is 24.2 Å². The van der Waals surface area contributed by atoms with Gasteiger partial charge in [0.1, 0.15) is 18.5 Å². The topological polar surface area (TPSA) is 117 Å². The van der Waals surface area contributed by atoms with Crippen molar-refractivity contribution in [3.05, 3.63) is 71.8 Å². The Morgan fingerprint density at radius 2 is 1.16 bits per heavy atom. The van der Waals surface area contributed by atoms with Crippen LogP contribution < -0.4 is 0 Å². The van der Waals surface area contributed by atoms with E-state index in [1.54, 1.807) is 24.3 Å². The molecule has 0 amide bonds. The van der Waals surface area contributed by atoms with E-state index in [4.69, 9.17) is 25.8 Å². The first kappa shape index (κ1) is 40.7. The zero-order valence-corrected chi connectivity index (χ0v) is 22.8.